The van der Waals surface area contributed by atoms with E-state index in [-0.39, 0.29) is 5.91 Å². The maximum Gasteiger partial charge on any atom is 0.254 e. The van der Waals surface area contributed by atoms with Crippen molar-refractivity contribution in [2.75, 3.05) is 31.1 Å². The van der Waals surface area contributed by atoms with Gasteiger partial charge in [-0.3, -0.25) is 4.79 Å². The van der Waals surface area contributed by atoms with Crippen molar-refractivity contribution in [2.24, 2.45) is 0 Å². The second kappa shape index (κ2) is 8.17. The molecule has 0 radical (unpaired) electrons. The van der Waals surface area contributed by atoms with Crippen LogP contribution < -0.4 is 4.90 Å². The van der Waals surface area contributed by atoms with E-state index in [1.165, 1.54) is 12.0 Å². The molecule has 0 spiro atoms. The molecule has 0 bridgehead atoms. The minimum absolute atomic E-state index is 0.131. The Bertz CT molecular complexity index is 1080. The van der Waals surface area contributed by atoms with Crippen molar-refractivity contribution in [2.45, 2.75) is 39.0 Å². The molecule has 1 saturated carbocycles. The molecule has 1 aliphatic heterocycles. The average Bonchev–Trinajstić information content (AvgIpc) is 3.22. The summed E-state index contributed by atoms with van der Waals surface area (Å²) in [6, 6.07) is 14.4. The van der Waals surface area contributed by atoms with Gasteiger partial charge in [-0.2, -0.15) is 4.98 Å². The lowest BCUT2D eigenvalue weighted by molar-refractivity contribution is 0.0746. The normalized spacial score (nSPS) is 17.0. The molecule has 0 N–H and O–H groups in total. The molecule has 3 aromatic rings. The second-order valence-electron chi connectivity index (χ2n) is 8.73. The minimum atomic E-state index is 0.131. The van der Waals surface area contributed by atoms with E-state index in [1.54, 1.807) is 0 Å². The van der Waals surface area contributed by atoms with E-state index in [0.29, 0.717) is 11.7 Å². The summed E-state index contributed by atoms with van der Waals surface area (Å²) in [4.78, 5) is 21.8. The third-order valence-corrected chi connectivity index (χ3v) is 6.57. The number of rotatable bonds is 4. The van der Waals surface area contributed by atoms with E-state index in [2.05, 4.69) is 52.3 Å². The number of hydrogen-bond donors (Lipinski definition) is 0. The predicted octanol–water partition coefficient (Wildman–Crippen LogP) is 4.58. The van der Waals surface area contributed by atoms with Crippen LogP contribution in [0.25, 0.3) is 11.4 Å². The fourth-order valence-corrected chi connectivity index (χ4v) is 4.39. The third kappa shape index (κ3) is 3.94. The first-order chi connectivity index (χ1) is 15.1. The number of carbonyl (C=O) groups is 1. The van der Waals surface area contributed by atoms with Crippen LogP contribution in [0.5, 0.6) is 0 Å². The number of aromatic nitrogens is 2. The Kier molecular flexibility index (Phi) is 5.22. The van der Waals surface area contributed by atoms with Crippen molar-refractivity contribution in [1.82, 2.24) is 15.0 Å². The molecule has 1 aliphatic carbocycles. The van der Waals surface area contributed by atoms with Gasteiger partial charge in [0.1, 0.15) is 0 Å². The zero-order valence-electron chi connectivity index (χ0n) is 18.2. The number of aryl methyl sites for hydroxylation is 2. The number of hydrogen-bond acceptors (Lipinski definition) is 5. The highest BCUT2D eigenvalue weighted by molar-refractivity contribution is 5.95. The molecule has 2 fully saturated rings. The van der Waals surface area contributed by atoms with Crippen LogP contribution >= 0.6 is 0 Å². The molecule has 2 aromatic carbocycles. The Morgan fingerprint density at radius 1 is 1.00 bits per heavy atom. The molecule has 1 amide bonds. The Labute approximate surface area is 182 Å². The van der Waals surface area contributed by atoms with Gasteiger partial charge in [-0.1, -0.05) is 29.3 Å². The van der Waals surface area contributed by atoms with Crippen LogP contribution in [0.1, 0.15) is 52.6 Å². The summed E-state index contributed by atoms with van der Waals surface area (Å²) in [5.74, 6) is 2.02. The van der Waals surface area contributed by atoms with Crippen LogP contribution in [-0.2, 0) is 0 Å². The first kappa shape index (κ1) is 19.8. The van der Waals surface area contributed by atoms with Gasteiger partial charge in [-0.05, 0) is 62.6 Å². The zero-order valence-corrected chi connectivity index (χ0v) is 18.2. The quantitative estimate of drug-likeness (QED) is 0.623. The van der Waals surface area contributed by atoms with Gasteiger partial charge in [0, 0.05) is 48.9 Å². The van der Waals surface area contributed by atoms with Crippen molar-refractivity contribution >= 4 is 11.6 Å². The Hall–Kier alpha value is -3.15. The molecule has 0 unspecified atom stereocenters. The topological polar surface area (TPSA) is 62.5 Å². The maximum atomic E-state index is 12.9. The van der Waals surface area contributed by atoms with Crippen molar-refractivity contribution in [3.8, 4) is 11.4 Å². The second-order valence-corrected chi connectivity index (χ2v) is 8.73. The number of carbonyl (C=O) groups excluding carboxylic acids is 1. The lowest BCUT2D eigenvalue weighted by Gasteiger charge is -2.36. The highest BCUT2D eigenvalue weighted by Crippen LogP contribution is 2.36. The molecule has 1 aromatic heterocycles. The number of benzene rings is 2. The van der Waals surface area contributed by atoms with Crippen LogP contribution in [0.3, 0.4) is 0 Å². The summed E-state index contributed by atoms with van der Waals surface area (Å²) >= 11 is 0. The highest BCUT2D eigenvalue weighted by atomic mass is 16.5. The molecule has 1 saturated heterocycles. The van der Waals surface area contributed by atoms with Gasteiger partial charge >= 0.3 is 0 Å². The van der Waals surface area contributed by atoms with Crippen LogP contribution in [0.2, 0.25) is 0 Å². The van der Waals surface area contributed by atoms with E-state index < -0.39 is 0 Å². The fourth-order valence-electron chi connectivity index (χ4n) is 4.39. The SMILES string of the molecule is Cc1ccc(C(=O)N2CCN(c3ccc(-c4noc(C5CCC5)n4)cc3)CC2)c(C)c1. The van der Waals surface area contributed by atoms with Crippen LogP contribution in [0.4, 0.5) is 5.69 Å². The zero-order chi connectivity index (χ0) is 21.4. The molecular weight excluding hydrogens is 388 g/mol. The monoisotopic (exact) mass is 416 g/mol. The van der Waals surface area contributed by atoms with E-state index in [1.807, 2.05) is 24.0 Å². The van der Waals surface area contributed by atoms with Crippen molar-refractivity contribution in [3.05, 3.63) is 65.0 Å². The van der Waals surface area contributed by atoms with Crippen molar-refractivity contribution < 1.29 is 9.32 Å². The largest absolute Gasteiger partial charge is 0.368 e. The Morgan fingerprint density at radius 3 is 2.39 bits per heavy atom. The fraction of sp³-hybridized carbons (Fsp3) is 0.400. The summed E-state index contributed by atoms with van der Waals surface area (Å²) in [6.45, 7) is 7.16. The summed E-state index contributed by atoms with van der Waals surface area (Å²) in [6.07, 6.45) is 3.55. The first-order valence-corrected chi connectivity index (χ1v) is 11.1. The highest BCUT2D eigenvalue weighted by Gasteiger charge is 2.26. The van der Waals surface area contributed by atoms with E-state index in [0.717, 1.165) is 67.3 Å². The Balaban J connectivity index is 1.21. The summed E-state index contributed by atoms with van der Waals surface area (Å²) in [5.41, 5.74) is 5.17. The summed E-state index contributed by atoms with van der Waals surface area (Å²) in [5, 5.41) is 4.16. The first-order valence-electron chi connectivity index (χ1n) is 11.1. The van der Waals surface area contributed by atoms with E-state index >= 15 is 0 Å². The number of piperazine rings is 1. The van der Waals surface area contributed by atoms with E-state index in [4.69, 9.17) is 4.52 Å². The average molecular weight is 417 g/mol. The number of nitrogens with zero attached hydrogens (tertiary/aromatic N) is 4. The predicted molar refractivity (Wildman–Crippen MR) is 120 cm³/mol. The third-order valence-electron chi connectivity index (χ3n) is 6.57. The van der Waals surface area contributed by atoms with Crippen molar-refractivity contribution in [1.29, 1.82) is 0 Å². The molecule has 31 heavy (non-hydrogen) atoms. The molecule has 2 heterocycles. The van der Waals surface area contributed by atoms with Crippen LogP contribution in [-0.4, -0.2) is 47.1 Å². The smallest absolute Gasteiger partial charge is 0.254 e. The van der Waals surface area contributed by atoms with Gasteiger partial charge in [-0.25, -0.2) is 0 Å². The number of amides is 1. The van der Waals surface area contributed by atoms with Gasteiger partial charge in [0.15, 0.2) is 0 Å². The van der Waals surface area contributed by atoms with E-state index in [9.17, 15) is 4.79 Å². The summed E-state index contributed by atoms with van der Waals surface area (Å²) in [7, 11) is 0. The maximum absolute atomic E-state index is 12.9. The van der Waals surface area contributed by atoms with Crippen LogP contribution in [0, 0.1) is 13.8 Å². The van der Waals surface area contributed by atoms with Gasteiger partial charge in [0.2, 0.25) is 11.7 Å². The standard InChI is InChI=1S/C25H28N4O2/c1-17-6-11-22(18(2)16-17)25(30)29-14-12-28(13-15-29)21-9-7-19(8-10-21)23-26-24(31-27-23)20-4-3-5-20/h6-11,16,20H,3-5,12-15H2,1-2H3. The van der Waals surface area contributed by atoms with Gasteiger partial charge in [0.05, 0.1) is 0 Å². The number of anilines is 1. The lowest BCUT2D eigenvalue weighted by atomic mass is 9.85. The lowest BCUT2D eigenvalue weighted by Crippen LogP contribution is -2.48. The summed E-state index contributed by atoms with van der Waals surface area (Å²) < 4.78 is 5.45. The van der Waals surface area contributed by atoms with Gasteiger partial charge in [-0.15, -0.1) is 0 Å². The molecule has 160 valence electrons. The molecule has 0 atom stereocenters. The van der Waals surface area contributed by atoms with Gasteiger partial charge in [0.25, 0.3) is 5.91 Å². The molecule has 6 heteroatoms. The van der Waals surface area contributed by atoms with Crippen LogP contribution in [0.15, 0.2) is 47.0 Å². The molecular formula is C25H28N4O2. The molecule has 6 nitrogen and oxygen atoms in total. The molecule has 5 rings (SSSR count). The van der Waals surface area contributed by atoms with Gasteiger partial charge < -0.3 is 14.3 Å². The van der Waals surface area contributed by atoms with Crippen molar-refractivity contribution in [3.63, 3.8) is 0 Å². The Morgan fingerprint density at radius 2 is 1.74 bits per heavy atom. The molecule has 2 aliphatic rings. The minimum Gasteiger partial charge on any atom is -0.368 e.